The SMILES string of the molecule is C=CCNC(=O)C1CCCN(C(=O)c2ccc(NS(=O)(=O)c3ccc(Cl)cc3)cc2)C1. The number of carbonyl (C=O) groups is 2. The zero-order valence-corrected chi connectivity index (χ0v) is 18.5. The topological polar surface area (TPSA) is 95.6 Å². The summed E-state index contributed by atoms with van der Waals surface area (Å²) in [6, 6.07) is 12.1. The molecule has 31 heavy (non-hydrogen) atoms. The molecule has 3 rings (SSSR count). The van der Waals surface area contributed by atoms with Gasteiger partial charge in [0.25, 0.3) is 15.9 Å². The van der Waals surface area contributed by atoms with E-state index in [0.717, 1.165) is 12.8 Å². The number of halogens is 1. The molecule has 0 aromatic heterocycles. The Bertz CT molecular complexity index is 1050. The van der Waals surface area contributed by atoms with Gasteiger partial charge in [-0.2, -0.15) is 0 Å². The smallest absolute Gasteiger partial charge is 0.261 e. The summed E-state index contributed by atoms with van der Waals surface area (Å²) in [5.41, 5.74) is 0.772. The van der Waals surface area contributed by atoms with Gasteiger partial charge in [-0.05, 0) is 61.4 Å². The van der Waals surface area contributed by atoms with Crippen molar-refractivity contribution < 1.29 is 18.0 Å². The average Bonchev–Trinajstić information content (AvgIpc) is 2.77. The van der Waals surface area contributed by atoms with Crippen LogP contribution < -0.4 is 10.0 Å². The van der Waals surface area contributed by atoms with Crippen molar-refractivity contribution in [3.63, 3.8) is 0 Å². The number of piperidine rings is 1. The number of nitrogens with one attached hydrogen (secondary N) is 2. The molecule has 2 amide bonds. The summed E-state index contributed by atoms with van der Waals surface area (Å²) < 4.78 is 27.4. The minimum atomic E-state index is -3.76. The first kappa shape index (κ1) is 22.8. The second kappa shape index (κ2) is 9.98. The van der Waals surface area contributed by atoms with E-state index in [1.807, 2.05) is 0 Å². The standard InChI is InChI=1S/C22H24ClN3O4S/c1-2-13-24-21(27)17-4-3-14-26(15-17)22(28)16-5-9-19(10-6-16)25-31(29,30)20-11-7-18(23)8-12-20/h2,5-12,17,25H,1,3-4,13-15H2,(H,24,27). The molecule has 2 aromatic rings. The van der Waals surface area contributed by atoms with Crippen LogP contribution >= 0.6 is 11.6 Å². The van der Waals surface area contributed by atoms with Crippen LogP contribution in [0.1, 0.15) is 23.2 Å². The zero-order chi connectivity index (χ0) is 22.4. The Hall–Kier alpha value is -2.84. The summed E-state index contributed by atoms with van der Waals surface area (Å²) in [4.78, 5) is 26.8. The third-order valence-corrected chi connectivity index (χ3v) is 6.66. The van der Waals surface area contributed by atoms with E-state index >= 15 is 0 Å². The molecule has 2 aromatic carbocycles. The van der Waals surface area contributed by atoms with Crippen LogP contribution in [0.2, 0.25) is 5.02 Å². The number of sulfonamides is 1. The molecule has 1 fully saturated rings. The number of benzene rings is 2. The predicted octanol–water partition coefficient (Wildman–Crippen LogP) is 3.30. The lowest BCUT2D eigenvalue weighted by Gasteiger charge is -2.32. The van der Waals surface area contributed by atoms with Crippen LogP contribution in [-0.2, 0) is 14.8 Å². The van der Waals surface area contributed by atoms with Gasteiger partial charge in [0.05, 0.1) is 10.8 Å². The number of amides is 2. The van der Waals surface area contributed by atoms with Crippen LogP contribution in [0.3, 0.4) is 0 Å². The van der Waals surface area contributed by atoms with E-state index in [4.69, 9.17) is 11.6 Å². The Morgan fingerprint density at radius 2 is 1.81 bits per heavy atom. The molecule has 1 unspecified atom stereocenters. The molecule has 1 heterocycles. The number of nitrogens with zero attached hydrogens (tertiary/aromatic N) is 1. The van der Waals surface area contributed by atoms with Crippen molar-refractivity contribution in [1.29, 1.82) is 0 Å². The van der Waals surface area contributed by atoms with Crippen molar-refractivity contribution in [2.24, 2.45) is 5.92 Å². The van der Waals surface area contributed by atoms with Gasteiger partial charge in [-0.3, -0.25) is 14.3 Å². The summed E-state index contributed by atoms with van der Waals surface area (Å²) in [5, 5.41) is 3.22. The Kier molecular flexibility index (Phi) is 7.35. The first-order valence-corrected chi connectivity index (χ1v) is 11.7. The fourth-order valence-corrected chi connectivity index (χ4v) is 4.57. The van der Waals surface area contributed by atoms with Crippen LogP contribution in [0.4, 0.5) is 5.69 Å². The molecule has 0 radical (unpaired) electrons. The van der Waals surface area contributed by atoms with Gasteiger partial charge in [0.2, 0.25) is 5.91 Å². The number of hydrogen-bond donors (Lipinski definition) is 2. The highest BCUT2D eigenvalue weighted by Crippen LogP contribution is 2.21. The molecule has 1 saturated heterocycles. The predicted molar refractivity (Wildman–Crippen MR) is 121 cm³/mol. The fraction of sp³-hybridized carbons (Fsp3) is 0.273. The molecule has 0 aliphatic carbocycles. The molecule has 9 heteroatoms. The van der Waals surface area contributed by atoms with Gasteiger partial charge >= 0.3 is 0 Å². The molecule has 0 bridgehead atoms. The number of likely N-dealkylation sites (tertiary alicyclic amines) is 1. The first-order valence-electron chi connectivity index (χ1n) is 9.86. The third-order valence-electron chi connectivity index (χ3n) is 5.01. The largest absolute Gasteiger partial charge is 0.352 e. The summed E-state index contributed by atoms with van der Waals surface area (Å²) in [7, 11) is -3.76. The van der Waals surface area contributed by atoms with Crippen LogP contribution in [0.15, 0.2) is 66.1 Å². The Morgan fingerprint density at radius 3 is 2.45 bits per heavy atom. The van der Waals surface area contributed by atoms with Crippen molar-refractivity contribution in [2.75, 3.05) is 24.4 Å². The molecule has 164 valence electrons. The zero-order valence-electron chi connectivity index (χ0n) is 16.9. The van der Waals surface area contributed by atoms with Gasteiger partial charge in [0.15, 0.2) is 0 Å². The molecule has 0 spiro atoms. The number of rotatable bonds is 7. The highest BCUT2D eigenvalue weighted by molar-refractivity contribution is 7.92. The second-order valence-electron chi connectivity index (χ2n) is 7.26. The Balaban J connectivity index is 1.65. The normalized spacial score (nSPS) is 16.4. The second-order valence-corrected chi connectivity index (χ2v) is 9.38. The van der Waals surface area contributed by atoms with Crippen molar-refractivity contribution in [1.82, 2.24) is 10.2 Å². The van der Waals surface area contributed by atoms with Crippen LogP contribution in [-0.4, -0.2) is 44.8 Å². The minimum absolute atomic E-state index is 0.0793. The van der Waals surface area contributed by atoms with E-state index in [1.54, 1.807) is 35.2 Å². The van der Waals surface area contributed by atoms with Gasteiger partial charge in [0, 0.05) is 35.9 Å². The molecule has 1 aliphatic rings. The van der Waals surface area contributed by atoms with E-state index in [0.29, 0.717) is 35.9 Å². The van der Waals surface area contributed by atoms with Gasteiger partial charge in [-0.25, -0.2) is 8.42 Å². The number of hydrogen-bond acceptors (Lipinski definition) is 4. The maximum atomic E-state index is 12.9. The highest BCUT2D eigenvalue weighted by Gasteiger charge is 2.28. The van der Waals surface area contributed by atoms with Crippen LogP contribution in [0, 0.1) is 5.92 Å². The summed E-state index contributed by atoms with van der Waals surface area (Å²) >= 11 is 5.80. The summed E-state index contributed by atoms with van der Waals surface area (Å²) in [6.45, 7) is 4.91. The maximum Gasteiger partial charge on any atom is 0.261 e. The summed E-state index contributed by atoms with van der Waals surface area (Å²) in [5.74, 6) is -0.513. The van der Waals surface area contributed by atoms with E-state index < -0.39 is 10.0 Å². The van der Waals surface area contributed by atoms with Crippen molar-refractivity contribution in [2.45, 2.75) is 17.7 Å². The summed E-state index contributed by atoms with van der Waals surface area (Å²) in [6.07, 6.45) is 3.10. The van der Waals surface area contributed by atoms with E-state index in [2.05, 4.69) is 16.6 Å². The van der Waals surface area contributed by atoms with Crippen LogP contribution in [0.25, 0.3) is 0 Å². The molecule has 2 N–H and O–H groups in total. The Morgan fingerprint density at radius 1 is 1.13 bits per heavy atom. The maximum absolute atomic E-state index is 12.9. The lowest BCUT2D eigenvalue weighted by molar-refractivity contribution is -0.126. The molecule has 0 saturated carbocycles. The van der Waals surface area contributed by atoms with Crippen molar-refractivity contribution in [3.8, 4) is 0 Å². The molecular formula is C22H24ClN3O4S. The van der Waals surface area contributed by atoms with Crippen LogP contribution in [0.5, 0.6) is 0 Å². The van der Waals surface area contributed by atoms with E-state index in [-0.39, 0.29) is 22.6 Å². The number of anilines is 1. The molecular weight excluding hydrogens is 438 g/mol. The average molecular weight is 462 g/mol. The molecule has 1 aliphatic heterocycles. The minimum Gasteiger partial charge on any atom is -0.352 e. The molecule has 7 nitrogen and oxygen atoms in total. The van der Waals surface area contributed by atoms with Gasteiger partial charge in [-0.15, -0.1) is 6.58 Å². The van der Waals surface area contributed by atoms with Gasteiger partial charge in [-0.1, -0.05) is 17.7 Å². The van der Waals surface area contributed by atoms with Crippen molar-refractivity contribution in [3.05, 3.63) is 71.8 Å². The lowest BCUT2D eigenvalue weighted by atomic mass is 9.96. The fourth-order valence-electron chi connectivity index (χ4n) is 3.38. The first-order chi connectivity index (χ1) is 14.8. The highest BCUT2D eigenvalue weighted by atomic mass is 35.5. The monoisotopic (exact) mass is 461 g/mol. The quantitative estimate of drug-likeness (QED) is 0.618. The van der Waals surface area contributed by atoms with Gasteiger partial charge < -0.3 is 10.2 Å². The molecule has 1 atom stereocenters. The number of carbonyl (C=O) groups excluding carboxylic acids is 2. The third kappa shape index (κ3) is 5.86. The Labute approximate surface area is 187 Å². The lowest BCUT2D eigenvalue weighted by Crippen LogP contribution is -2.45. The van der Waals surface area contributed by atoms with E-state index in [9.17, 15) is 18.0 Å². The van der Waals surface area contributed by atoms with Crippen molar-refractivity contribution >= 4 is 39.1 Å². The van der Waals surface area contributed by atoms with E-state index in [1.165, 1.54) is 24.3 Å². The van der Waals surface area contributed by atoms with Gasteiger partial charge in [0.1, 0.15) is 0 Å².